The van der Waals surface area contributed by atoms with E-state index < -0.39 is 0 Å². The van der Waals surface area contributed by atoms with Gasteiger partial charge in [0.15, 0.2) is 0 Å². The van der Waals surface area contributed by atoms with Gasteiger partial charge in [-0.15, -0.1) is 0 Å². The summed E-state index contributed by atoms with van der Waals surface area (Å²) in [6, 6.07) is 5.06. The quantitative estimate of drug-likeness (QED) is 0.842. The number of nitrogens with zero attached hydrogens (tertiary/aromatic N) is 3. The second-order valence-electron chi connectivity index (χ2n) is 9.12. The minimum Gasteiger partial charge on any atom is -0.396 e. The van der Waals surface area contributed by atoms with Crippen LogP contribution in [0.4, 0.5) is 0 Å². The van der Waals surface area contributed by atoms with Crippen LogP contribution in [0.1, 0.15) is 50.3 Å². The van der Waals surface area contributed by atoms with Crippen LogP contribution in [-0.4, -0.2) is 71.9 Å². The fourth-order valence-corrected chi connectivity index (χ4v) is 5.57. The Hall–Kier alpha value is -1.01. The van der Waals surface area contributed by atoms with Crippen LogP contribution in [0.2, 0.25) is 0 Å². The number of hydrogen-bond donors (Lipinski definition) is 1. The molecule has 1 N–H and O–H groups in total. The number of aryl methyl sites for hydroxylation is 1. The Morgan fingerprint density at radius 2 is 1.89 bits per heavy atom. The van der Waals surface area contributed by atoms with E-state index in [1.807, 2.05) is 6.20 Å². The lowest BCUT2D eigenvalue weighted by molar-refractivity contribution is -0.0671. The monoisotopic (exact) mass is 387 g/mol. The predicted molar refractivity (Wildman–Crippen MR) is 111 cm³/mol. The Bertz CT molecular complexity index is 607. The molecule has 1 spiro atoms. The van der Waals surface area contributed by atoms with Gasteiger partial charge in [-0.05, 0) is 75.2 Å². The van der Waals surface area contributed by atoms with Crippen molar-refractivity contribution in [2.75, 3.05) is 46.0 Å². The number of ether oxygens (including phenoxy) is 1. The molecule has 1 atom stereocenters. The first-order chi connectivity index (χ1) is 13.7. The van der Waals surface area contributed by atoms with Crippen molar-refractivity contribution < 1.29 is 9.84 Å². The fraction of sp³-hybridized carbons (Fsp3) is 0.783. The lowest BCUT2D eigenvalue weighted by Gasteiger charge is -2.53. The number of aliphatic hydroxyl groups excluding tert-OH is 1. The Morgan fingerprint density at radius 1 is 1.14 bits per heavy atom. The minimum absolute atomic E-state index is 0.333. The molecule has 3 saturated heterocycles. The zero-order valence-electron chi connectivity index (χ0n) is 17.5. The first-order valence-electron chi connectivity index (χ1n) is 11.3. The third-order valence-electron chi connectivity index (χ3n) is 7.68. The lowest BCUT2D eigenvalue weighted by atomic mass is 9.64. The molecule has 0 saturated carbocycles. The highest BCUT2D eigenvalue weighted by atomic mass is 16.5. The van der Waals surface area contributed by atoms with Gasteiger partial charge < -0.3 is 9.84 Å². The summed E-state index contributed by atoms with van der Waals surface area (Å²) in [5, 5.41) is 10.2. The topological polar surface area (TPSA) is 48.8 Å². The zero-order chi connectivity index (χ0) is 19.4. The van der Waals surface area contributed by atoms with Gasteiger partial charge in [0.1, 0.15) is 0 Å². The van der Waals surface area contributed by atoms with Crippen molar-refractivity contribution in [3.63, 3.8) is 0 Å². The molecule has 3 fully saturated rings. The summed E-state index contributed by atoms with van der Waals surface area (Å²) in [4.78, 5) is 9.85. The van der Waals surface area contributed by atoms with Gasteiger partial charge in [0.2, 0.25) is 0 Å². The zero-order valence-corrected chi connectivity index (χ0v) is 17.5. The third kappa shape index (κ3) is 4.43. The van der Waals surface area contributed by atoms with Crippen LogP contribution in [-0.2, 0) is 17.7 Å². The van der Waals surface area contributed by atoms with E-state index in [2.05, 4.69) is 33.8 Å². The van der Waals surface area contributed by atoms with Crippen molar-refractivity contribution in [1.29, 1.82) is 0 Å². The van der Waals surface area contributed by atoms with E-state index in [1.54, 1.807) is 0 Å². The van der Waals surface area contributed by atoms with Crippen molar-refractivity contribution in [1.82, 2.24) is 14.8 Å². The number of hydrogen-bond acceptors (Lipinski definition) is 5. The van der Waals surface area contributed by atoms with Crippen LogP contribution in [0, 0.1) is 11.3 Å². The number of pyridine rings is 1. The minimum atomic E-state index is 0.333. The summed E-state index contributed by atoms with van der Waals surface area (Å²) in [6.07, 6.45) is 9.06. The predicted octanol–water partition coefficient (Wildman–Crippen LogP) is 2.72. The maximum absolute atomic E-state index is 10.2. The average Bonchev–Trinajstić information content (AvgIpc) is 2.77. The maximum Gasteiger partial charge on any atom is 0.0544 e. The Labute approximate surface area is 170 Å². The lowest BCUT2D eigenvalue weighted by Crippen LogP contribution is -2.56. The van der Waals surface area contributed by atoms with Crippen LogP contribution >= 0.6 is 0 Å². The molecule has 4 rings (SSSR count). The molecule has 28 heavy (non-hydrogen) atoms. The fourth-order valence-electron chi connectivity index (χ4n) is 5.57. The number of rotatable bonds is 5. The van der Waals surface area contributed by atoms with E-state index in [0.29, 0.717) is 24.0 Å². The highest BCUT2D eigenvalue weighted by Gasteiger charge is 2.45. The van der Waals surface area contributed by atoms with Crippen molar-refractivity contribution in [2.45, 2.75) is 58.0 Å². The number of likely N-dealkylation sites (tertiary alicyclic amines) is 2. The van der Waals surface area contributed by atoms with Gasteiger partial charge >= 0.3 is 0 Å². The summed E-state index contributed by atoms with van der Waals surface area (Å²) in [5.41, 5.74) is 2.83. The average molecular weight is 388 g/mol. The Balaban J connectivity index is 1.32. The SMILES string of the molecule is CCc1ccc(CN2CCC3(CC2)CCN(C2CCOCC2)C[C@H]3CO)nc1. The molecule has 0 unspecified atom stereocenters. The van der Waals surface area contributed by atoms with Gasteiger partial charge in [-0.2, -0.15) is 0 Å². The number of piperidine rings is 2. The number of aromatic nitrogens is 1. The van der Waals surface area contributed by atoms with Gasteiger partial charge in [-0.3, -0.25) is 14.8 Å². The molecule has 156 valence electrons. The summed E-state index contributed by atoms with van der Waals surface area (Å²) in [6.45, 7) is 9.79. The van der Waals surface area contributed by atoms with E-state index in [0.717, 1.165) is 58.7 Å². The molecule has 1 aromatic rings. The molecule has 5 heteroatoms. The molecular formula is C23H37N3O2. The summed E-state index contributed by atoms with van der Waals surface area (Å²) in [7, 11) is 0. The summed E-state index contributed by atoms with van der Waals surface area (Å²) >= 11 is 0. The first kappa shape index (κ1) is 20.3. The van der Waals surface area contributed by atoms with E-state index in [4.69, 9.17) is 4.74 Å². The Morgan fingerprint density at radius 3 is 2.54 bits per heavy atom. The second-order valence-corrected chi connectivity index (χ2v) is 9.12. The molecule has 0 bridgehead atoms. The molecule has 3 aliphatic heterocycles. The van der Waals surface area contributed by atoms with Crippen LogP contribution in [0.5, 0.6) is 0 Å². The maximum atomic E-state index is 10.2. The molecular weight excluding hydrogens is 350 g/mol. The van der Waals surface area contributed by atoms with E-state index >= 15 is 0 Å². The number of aliphatic hydroxyl groups is 1. The molecule has 5 nitrogen and oxygen atoms in total. The van der Waals surface area contributed by atoms with Gasteiger partial charge in [0.25, 0.3) is 0 Å². The standard InChI is InChI=1S/C23H37N3O2/c1-2-19-3-4-21(24-15-19)17-25-10-7-23(8-11-25)9-12-26(16-20(23)18-27)22-5-13-28-14-6-22/h3-4,15,20,22,27H,2,5-14,16-18H2,1H3/t20-/m0/s1. The largest absolute Gasteiger partial charge is 0.396 e. The van der Waals surface area contributed by atoms with Crippen molar-refractivity contribution in [2.24, 2.45) is 11.3 Å². The molecule has 3 aliphatic rings. The van der Waals surface area contributed by atoms with Crippen molar-refractivity contribution >= 4 is 0 Å². The second kappa shape index (κ2) is 9.21. The van der Waals surface area contributed by atoms with E-state index in [9.17, 15) is 5.11 Å². The van der Waals surface area contributed by atoms with E-state index in [-0.39, 0.29) is 0 Å². The molecule has 0 radical (unpaired) electrons. The highest BCUT2D eigenvalue weighted by molar-refractivity contribution is 5.14. The van der Waals surface area contributed by atoms with Gasteiger partial charge in [0, 0.05) is 51.1 Å². The molecule has 0 amide bonds. The van der Waals surface area contributed by atoms with Crippen molar-refractivity contribution in [3.8, 4) is 0 Å². The van der Waals surface area contributed by atoms with Crippen LogP contribution in [0.25, 0.3) is 0 Å². The van der Waals surface area contributed by atoms with Gasteiger partial charge in [-0.25, -0.2) is 0 Å². The van der Waals surface area contributed by atoms with Crippen LogP contribution in [0.3, 0.4) is 0 Å². The van der Waals surface area contributed by atoms with E-state index in [1.165, 1.54) is 37.1 Å². The smallest absolute Gasteiger partial charge is 0.0544 e. The third-order valence-corrected chi connectivity index (χ3v) is 7.68. The highest BCUT2D eigenvalue weighted by Crippen LogP contribution is 2.46. The van der Waals surface area contributed by atoms with Crippen LogP contribution in [0.15, 0.2) is 18.3 Å². The van der Waals surface area contributed by atoms with Gasteiger partial charge in [-0.1, -0.05) is 13.0 Å². The first-order valence-corrected chi connectivity index (χ1v) is 11.3. The van der Waals surface area contributed by atoms with Crippen molar-refractivity contribution in [3.05, 3.63) is 29.6 Å². The molecule has 0 aliphatic carbocycles. The Kier molecular flexibility index (Phi) is 6.66. The summed E-state index contributed by atoms with van der Waals surface area (Å²) < 4.78 is 5.54. The van der Waals surface area contributed by atoms with Gasteiger partial charge in [0.05, 0.1) is 5.69 Å². The summed E-state index contributed by atoms with van der Waals surface area (Å²) in [5.74, 6) is 0.424. The normalized spacial score (nSPS) is 27.3. The molecule has 0 aromatic carbocycles. The van der Waals surface area contributed by atoms with Crippen LogP contribution < -0.4 is 0 Å². The molecule has 4 heterocycles. The molecule has 1 aromatic heterocycles.